The number of nitrogens with one attached hydrogen (secondary N) is 2. The van der Waals surface area contributed by atoms with Crippen LogP contribution in [0.25, 0.3) is 0 Å². The van der Waals surface area contributed by atoms with Gasteiger partial charge in [0.25, 0.3) is 5.91 Å². The number of halogens is 1. The van der Waals surface area contributed by atoms with Crippen molar-refractivity contribution in [2.45, 2.75) is 77.3 Å². The molecule has 0 aromatic carbocycles. The molecule has 2 saturated heterocycles. The number of carbonyl (C=O) groups excluding carboxylic acids is 3. The van der Waals surface area contributed by atoms with Crippen LogP contribution in [0.2, 0.25) is 0 Å². The highest BCUT2D eigenvalue weighted by atomic mass is 35.5. The first-order chi connectivity index (χ1) is 13.2. The van der Waals surface area contributed by atoms with Gasteiger partial charge in [0.1, 0.15) is 12.1 Å². The summed E-state index contributed by atoms with van der Waals surface area (Å²) in [7, 11) is 1.90. The second-order valence-electron chi connectivity index (χ2n) is 9.49. The fourth-order valence-corrected chi connectivity index (χ4v) is 5.01. The summed E-state index contributed by atoms with van der Waals surface area (Å²) >= 11 is 0. The van der Waals surface area contributed by atoms with Gasteiger partial charge in [-0.2, -0.15) is 0 Å². The molecular weight excluding hydrogens is 392 g/mol. The van der Waals surface area contributed by atoms with Gasteiger partial charge in [0.2, 0.25) is 5.91 Å². The van der Waals surface area contributed by atoms with Crippen molar-refractivity contribution in [1.82, 2.24) is 20.4 Å². The van der Waals surface area contributed by atoms with E-state index in [1.165, 1.54) is 0 Å². The highest BCUT2D eigenvalue weighted by Gasteiger charge is 2.54. The topological polar surface area (TPSA) is 81.8 Å². The summed E-state index contributed by atoms with van der Waals surface area (Å²) in [4.78, 5) is 41.3. The Bertz CT molecular complexity index is 631. The summed E-state index contributed by atoms with van der Waals surface area (Å²) in [6, 6.07) is -0.127. The van der Waals surface area contributed by atoms with Crippen LogP contribution in [0.5, 0.6) is 0 Å². The SMILES string of the molecule is CCC(C)(C)C1CCC2(CC1)NC(=O)N(CC(=O)N1CCCC(NC)C1)C2=O.Cl. The van der Waals surface area contributed by atoms with Crippen LogP contribution in [0.1, 0.15) is 65.7 Å². The van der Waals surface area contributed by atoms with Gasteiger partial charge in [-0.3, -0.25) is 14.5 Å². The lowest BCUT2D eigenvalue weighted by Crippen LogP contribution is -2.52. The quantitative estimate of drug-likeness (QED) is 0.659. The van der Waals surface area contributed by atoms with E-state index < -0.39 is 11.6 Å². The van der Waals surface area contributed by atoms with Gasteiger partial charge >= 0.3 is 6.03 Å². The molecule has 2 aliphatic heterocycles. The normalized spacial score (nSPS) is 30.3. The number of amides is 4. The molecule has 1 saturated carbocycles. The highest BCUT2D eigenvalue weighted by Crippen LogP contribution is 2.45. The highest BCUT2D eigenvalue weighted by molar-refractivity contribution is 6.09. The zero-order valence-electron chi connectivity index (χ0n) is 18.3. The van der Waals surface area contributed by atoms with Crippen molar-refractivity contribution in [2.75, 3.05) is 26.7 Å². The summed E-state index contributed by atoms with van der Waals surface area (Å²) in [6.07, 6.45) is 6.30. The van der Waals surface area contributed by atoms with Crippen LogP contribution in [-0.2, 0) is 9.59 Å². The molecule has 2 heterocycles. The second-order valence-corrected chi connectivity index (χ2v) is 9.49. The predicted molar refractivity (Wildman–Crippen MR) is 115 cm³/mol. The zero-order valence-corrected chi connectivity index (χ0v) is 19.1. The molecule has 1 spiro atoms. The number of imide groups is 1. The lowest BCUT2D eigenvalue weighted by molar-refractivity contribution is -0.140. The van der Waals surface area contributed by atoms with E-state index in [-0.39, 0.29) is 42.2 Å². The summed E-state index contributed by atoms with van der Waals surface area (Å²) in [5.74, 6) is 0.220. The third-order valence-electron chi connectivity index (χ3n) is 7.58. The van der Waals surface area contributed by atoms with E-state index in [4.69, 9.17) is 0 Å². The Balaban J connectivity index is 0.00000300. The number of nitrogens with zero attached hydrogens (tertiary/aromatic N) is 2. The van der Waals surface area contributed by atoms with E-state index in [1.54, 1.807) is 4.90 Å². The van der Waals surface area contributed by atoms with E-state index >= 15 is 0 Å². The number of hydrogen-bond acceptors (Lipinski definition) is 4. The van der Waals surface area contributed by atoms with Gasteiger partial charge in [0, 0.05) is 19.1 Å². The molecule has 2 N–H and O–H groups in total. The number of piperidine rings is 1. The summed E-state index contributed by atoms with van der Waals surface area (Å²) in [6.45, 7) is 7.96. The predicted octanol–water partition coefficient (Wildman–Crippen LogP) is 2.54. The third kappa shape index (κ3) is 4.71. The fraction of sp³-hybridized carbons (Fsp3) is 0.857. The Hall–Kier alpha value is -1.34. The van der Waals surface area contributed by atoms with Crippen molar-refractivity contribution in [1.29, 1.82) is 0 Å². The number of likely N-dealkylation sites (N-methyl/N-ethyl adjacent to an activating group) is 1. The Morgan fingerprint density at radius 1 is 1.24 bits per heavy atom. The van der Waals surface area contributed by atoms with Crippen LogP contribution in [-0.4, -0.2) is 65.9 Å². The Morgan fingerprint density at radius 2 is 1.90 bits per heavy atom. The number of carbonyl (C=O) groups is 3. The molecule has 0 aromatic heterocycles. The van der Waals surface area contributed by atoms with Gasteiger partial charge in [0.05, 0.1) is 0 Å². The van der Waals surface area contributed by atoms with Crippen LogP contribution in [0.3, 0.4) is 0 Å². The smallest absolute Gasteiger partial charge is 0.325 e. The fourth-order valence-electron chi connectivity index (χ4n) is 5.01. The van der Waals surface area contributed by atoms with Crippen molar-refractivity contribution in [3.05, 3.63) is 0 Å². The first-order valence-corrected chi connectivity index (χ1v) is 10.8. The van der Waals surface area contributed by atoms with Crippen LogP contribution in [0.15, 0.2) is 0 Å². The van der Waals surface area contributed by atoms with Crippen LogP contribution < -0.4 is 10.6 Å². The maximum Gasteiger partial charge on any atom is 0.325 e. The first-order valence-electron chi connectivity index (χ1n) is 10.8. The minimum atomic E-state index is -0.799. The van der Waals surface area contributed by atoms with E-state index in [0.29, 0.717) is 31.8 Å². The molecule has 1 unspecified atom stereocenters. The minimum Gasteiger partial charge on any atom is -0.340 e. The van der Waals surface area contributed by atoms with Gasteiger partial charge in [-0.15, -0.1) is 12.4 Å². The Kier molecular flexibility index (Phi) is 7.60. The molecule has 3 rings (SSSR count). The maximum atomic E-state index is 13.1. The molecular formula is C21H37ClN4O3. The number of urea groups is 1. The average Bonchev–Trinajstić information content (AvgIpc) is 2.92. The molecule has 3 fully saturated rings. The zero-order chi connectivity index (χ0) is 20.5. The molecule has 1 aliphatic carbocycles. The van der Waals surface area contributed by atoms with Crippen molar-refractivity contribution in [2.24, 2.45) is 11.3 Å². The Morgan fingerprint density at radius 3 is 2.48 bits per heavy atom. The molecule has 1 atom stereocenters. The minimum absolute atomic E-state index is 0. The Labute approximate surface area is 180 Å². The van der Waals surface area contributed by atoms with Crippen molar-refractivity contribution in [3.8, 4) is 0 Å². The molecule has 7 nitrogen and oxygen atoms in total. The lowest BCUT2D eigenvalue weighted by Gasteiger charge is -2.42. The number of hydrogen-bond donors (Lipinski definition) is 2. The van der Waals surface area contributed by atoms with Crippen molar-refractivity contribution < 1.29 is 14.4 Å². The first kappa shape index (κ1) is 23.9. The molecule has 3 aliphatic rings. The largest absolute Gasteiger partial charge is 0.340 e. The molecule has 166 valence electrons. The van der Waals surface area contributed by atoms with Crippen molar-refractivity contribution >= 4 is 30.3 Å². The van der Waals surface area contributed by atoms with E-state index in [2.05, 4.69) is 31.4 Å². The van der Waals surface area contributed by atoms with Crippen LogP contribution >= 0.6 is 12.4 Å². The van der Waals surface area contributed by atoms with Gasteiger partial charge in [-0.25, -0.2) is 4.79 Å². The number of likely N-dealkylation sites (tertiary alicyclic amines) is 1. The molecule has 0 radical (unpaired) electrons. The summed E-state index contributed by atoms with van der Waals surface area (Å²) in [5.41, 5.74) is -0.547. The van der Waals surface area contributed by atoms with Gasteiger partial charge in [-0.1, -0.05) is 27.2 Å². The maximum absolute atomic E-state index is 13.1. The second kappa shape index (κ2) is 9.21. The lowest BCUT2D eigenvalue weighted by atomic mass is 9.65. The molecule has 0 aromatic rings. The monoisotopic (exact) mass is 428 g/mol. The van der Waals surface area contributed by atoms with Gasteiger partial charge < -0.3 is 15.5 Å². The molecule has 0 bridgehead atoms. The van der Waals surface area contributed by atoms with Crippen molar-refractivity contribution in [3.63, 3.8) is 0 Å². The summed E-state index contributed by atoms with van der Waals surface area (Å²) < 4.78 is 0. The van der Waals surface area contributed by atoms with E-state index in [0.717, 1.165) is 37.0 Å². The standard InChI is InChI=1S/C21H36N4O3.ClH/c1-5-20(2,3)15-8-10-21(11-9-15)18(27)25(19(28)23-21)14-17(26)24-12-6-7-16(13-24)22-4;/h15-16,22H,5-14H2,1-4H3,(H,23,28);1H. The molecule has 4 amide bonds. The van der Waals surface area contributed by atoms with Crippen LogP contribution in [0.4, 0.5) is 4.79 Å². The van der Waals surface area contributed by atoms with Gasteiger partial charge in [-0.05, 0) is 56.9 Å². The molecule has 8 heteroatoms. The number of rotatable bonds is 5. The third-order valence-corrected chi connectivity index (χ3v) is 7.58. The van der Waals surface area contributed by atoms with Crippen LogP contribution in [0, 0.1) is 11.3 Å². The summed E-state index contributed by atoms with van der Waals surface area (Å²) in [5, 5.41) is 6.16. The van der Waals surface area contributed by atoms with E-state index in [1.807, 2.05) is 7.05 Å². The molecule has 29 heavy (non-hydrogen) atoms. The van der Waals surface area contributed by atoms with Gasteiger partial charge in [0.15, 0.2) is 0 Å². The average molecular weight is 429 g/mol. The van der Waals surface area contributed by atoms with E-state index in [9.17, 15) is 14.4 Å².